The van der Waals surface area contributed by atoms with Gasteiger partial charge in [0.25, 0.3) is 0 Å². The maximum Gasteiger partial charge on any atom is 0.0730 e. The maximum atomic E-state index is 11.2. The van der Waals surface area contributed by atoms with Crippen molar-refractivity contribution in [3.05, 3.63) is 0 Å². The Bertz CT molecular complexity index is 338. The van der Waals surface area contributed by atoms with Gasteiger partial charge in [-0.25, -0.2) is 0 Å². The van der Waals surface area contributed by atoms with E-state index in [4.69, 9.17) is 0 Å². The van der Waals surface area contributed by atoms with Crippen LogP contribution in [0.25, 0.3) is 0 Å². The van der Waals surface area contributed by atoms with E-state index in [1.807, 2.05) is 0 Å². The molecule has 3 rings (SSSR count). The molecule has 0 amide bonds. The molecule has 1 spiro atoms. The van der Waals surface area contributed by atoms with Crippen molar-refractivity contribution >= 4 is 11.8 Å². The van der Waals surface area contributed by atoms with Gasteiger partial charge < -0.3 is 5.11 Å². The topological polar surface area (TPSA) is 20.2 Å². The van der Waals surface area contributed by atoms with E-state index in [0.29, 0.717) is 16.6 Å². The highest BCUT2D eigenvalue weighted by Crippen LogP contribution is 2.73. The van der Waals surface area contributed by atoms with Gasteiger partial charge in [0.15, 0.2) is 0 Å². The summed E-state index contributed by atoms with van der Waals surface area (Å²) in [7, 11) is 0. The molecule has 2 heteroatoms. The molecule has 98 valence electrons. The summed E-state index contributed by atoms with van der Waals surface area (Å²) in [6.45, 7) is 9.44. The van der Waals surface area contributed by atoms with Crippen molar-refractivity contribution in [3.8, 4) is 0 Å². The third-order valence-electron chi connectivity index (χ3n) is 6.47. The first-order chi connectivity index (χ1) is 7.82. The summed E-state index contributed by atoms with van der Waals surface area (Å²) in [5.41, 5.74) is 0.233. The second-order valence-corrected chi connectivity index (χ2v) is 8.80. The highest BCUT2D eigenvalue weighted by atomic mass is 32.2. The average Bonchev–Trinajstić information content (AvgIpc) is 2.57. The minimum Gasteiger partial charge on any atom is -0.389 e. The van der Waals surface area contributed by atoms with Gasteiger partial charge in [-0.05, 0) is 42.9 Å². The Morgan fingerprint density at radius 3 is 2.53 bits per heavy atom. The van der Waals surface area contributed by atoms with Crippen LogP contribution in [0.3, 0.4) is 0 Å². The zero-order chi connectivity index (χ0) is 12.5. The van der Waals surface area contributed by atoms with Crippen LogP contribution >= 0.6 is 11.8 Å². The van der Waals surface area contributed by atoms with Gasteiger partial charge in [-0.15, -0.1) is 0 Å². The molecule has 3 aliphatic rings. The molecule has 2 saturated carbocycles. The molecule has 3 fully saturated rings. The minimum absolute atomic E-state index is 0.223. The first-order valence-electron chi connectivity index (χ1n) is 7.16. The van der Waals surface area contributed by atoms with Crippen molar-refractivity contribution in [1.82, 2.24) is 0 Å². The maximum absolute atomic E-state index is 11.2. The van der Waals surface area contributed by atoms with Crippen molar-refractivity contribution in [2.45, 2.75) is 64.2 Å². The molecule has 1 N–H and O–H groups in total. The molecule has 17 heavy (non-hydrogen) atoms. The van der Waals surface area contributed by atoms with Gasteiger partial charge in [-0.1, -0.05) is 27.7 Å². The zero-order valence-corrected chi connectivity index (χ0v) is 12.4. The van der Waals surface area contributed by atoms with Gasteiger partial charge in [-0.2, -0.15) is 11.8 Å². The van der Waals surface area contributed by atoms with Gasteiger partial charge in [0, 0.05) is 16.4 Å². The SMILES string of the molecule is CC(C)[C@H]1C[C@@]2(O)C[C@H]3CC[C@]2(CS1)C3(C)C. The second kappa shape index (κ2) is 3.45. The summed E-state index contributed by atoms with van der Waals surface area (Å²) in [6, 6.07) is 0. The lowest BCUT2D eigenvalue weighted by Gasteiger charge is -2.53. The van der Waals surface area contributed by atoms with E-state index in [9.17, 15) is 5.11 Å². The van der Waals surface area contributed by atoms with E-state index >= 15 is 0 Å². The smallest absolute Gasteiger partial charge is 0.0730 e. The molecule has 1 aliphatic heterocycles. The zero-order valence-electron chi connectivity index (χ0n) is 11.6. The number of thioether (sulfide) groups is 1. The lowest BCUT2D eigenvalue weighted by Crippen LogP contribution is -2.55. The summed E-state index contributed by atoms with van der Waals surface area (Å²) in [5.74, 6) is 2.65. The van der Waals surface area contributed by atoms with Gasteiger partial charge in [0.05, 0.1) is 5.60 Å². The summed E-state index contributed by atoms with van der Waals surface area (Å²) in [4.78, 5) is 0. The largest absolute Gasteiger partial charge is 0.389 e. The van der Waals surface area contributed by atoms with Crippen molar-refractivity contribution in [2.24, 2.45) is 22.7 Å². The fraction of sp³-hybridized carbons (Fsp3) is 1.00. The fourth-order valence-corrected chi connectivity index (χ4v) is 7.09. The summed E-state index contributed by atoms with van der Waals surface area (Å²) in [6.07, 6.45) is 4.72. The number of hydrogen-bond acceptors (Lipinski definition) is 2. The van der Waals surface area contributed by atoms with Crippen molar-refractivity contribution in [1.29, 1.82) is 0 Å². The Balaban J connectivity index is 1.95. The van der Waals surface area contributed by atoms with Crippen LogP contribution in [0.2, 0.25) is 0 Å². The highest BCUT2D eigenvalue weighted by Gasteiger charge is 2.71. The monoisotopic (exact) mass is 254 g/mol. The number of hydrogen-bond donors (Lipinski definition) is 1. The van der Waals surface area contributed by atoms with Crippen LogP contribution in [-0.2, 0) is 0 Å². The van der Waals surface area contributed by atoms with E-state index in [2.05, 4.69) is 39.5 Å². The molecule has 0 aromatic rings. The lowest BCUT2D eigenvalue weighted by atomic mass is 9.62. The molecule has 0 aromatic heterocycles. The Kier molecular flexibility index (Phi) is 2.50. The van der Waals surface area contributed by atoms with Gasteiger partial charge in [0.2, 0.25) is 0 Å². The average molecular weight is 254 g/mol. The summed E-state index contributed by atoms with van der Waals surface area (Å²) in [5, 5.41) is 11.9. The molecule has 0 aromatic carbocycles. The van der Waals surface area contributed by atoms with Crippen LogP contribution in [-0.4, -0.2) is 21.7 Å². The second-order valence-electron chi connectivity index (χ2n) is 7.57. The van der Waals surface area contributed by atoms with Crippen LogP contribution in [0.4, 0.5) is 0 Å². The normalized spacial score (nSPS) is 51.9. The number of fused-ring (bicyclic) bond motifs is 1. The number of aliphatic hydroxyl groups is 1. The van der Waals surface area contributed by atoms with E-state index in [0.717, 1.165) is 18.8 Å². The van der Waals surface area contributed by atoms with Gasteiger partial charge >= 0.3 is 0 Å². The van der Waals surface area contributed by atoms with Crippen molar-refractivity contribution in [2.75, 3.05) is 5.75 Å². The minimum atomic E-state index is -0.348. The molecular weight excluding hydrogens is 228 g/mol. The van der Waals surface area contributed by atoms with Crippen LogP contribution < -0.4 is 0 Å². The van der Waals surface area contributed by atoms with Gasteiger partial charge in [0.1, 0.15) is 0 Å². The standard InChI is InChI=1S/C15H26OS/c1-10(2)12-8-15(16)7-11-5-6-14(15,9-17-12)13(11,3)4/h10-12,16H,5-9H2,1-4H3/t11-,12-,14+,15+/m1/s1. The molecule has 2 aliphatic carbocycles. The fourth-order valence-electron chi connectivity index (χ4n) is 5.03. The Morgan fingerprint density at radius 1 is 1.24 bits per heavy atom. The molecule has 4 atom stereocenters. The highest BCUT2D eigenvalue weighted by molar-refractivity contribution is 8.00. The Hall–Kier alpha value is 0.310. The van der Waals surface area contributed by atoms with Crippen LogP contribution in [0.15, 0.2) is 0 Å². The first kappa shape index (κ1) is 12.3. The van der Waals surface area contributed by atoms with E-state index in [-0.39, 0.29) is 11.0 Å². The van der Waals surface area contributed by atoms with Crippen LogP contribution in [0, 0.1) is 22.7 Å². The Labute approximate surface area is 110 Å². The molecule has 2 bridgehead atoms. The predicted octanol–water partition coefficient (Wildman–Crippen LogP) is 3.71. The summed E-state index contributed by atoms with van der Waals surface area (Å²) < 4.78 is 0. The molecule has 1 heterocycles. The van der Waals surface area contributed by atoms with Gasteiger partial charge in [-0.3, -0.25) is 0 Å². The molecule has 0 radical (unpaired) electrons. The van der Waals surface area contributed by atoms with E-state index < -0.39 is 0 Å². The third kappa shape index (κ3) is 1.32. The molecular formula is C15H26OS. The molecule has 0 unspecified atom stereocenters. The third-order valence-corrected chi connectivity index (χ3v) is 8.27. The predicted molar refractivity (Wildman–Crippen MR) is 74.2 cm³/mol. The quantitative estimate of drug-likeness (QED) is 0.770. The van der Waals surface area contributed by atoms with E-state index in [1.165, 1.54) is 18.6 Å². The van der Waals surface area contributed by atoms with E-state index in [1.54, 1.807) is 0 Å². The number of rotatable bonds is 1. The van der Waals surface area contributed by atoms with Crippen molar-refractivity contribution in [3.63, 3.8) is 0 Å². The van der Waals surface area contributed by atoms with Crippen molar-refractivity contribution < 1.29 is 5.11 Å². The lowest BCUT2D eigenvalue weighted by molar-refractivity contribution is -0.0976. The summed E-state index contributed by atoms with van der Waals surface area (Å²) >= 11 is 2.14. The molecule has 1 nitrogen and oxygen atoms in total. The Morgan fingerprint density at radius 2 is 1.94 bits per heavy atom. The van der Waals surface area contributed by atoms with Crippen LogP contribution in [0.1, 0.15) is 53.4 Å². The molecule has 1 saturated heterocycles. The van der Waals surface area contributed by atoms with Crippen LogP contribution in [0.5, 0.6) is 0 Å². The first-order valence-corrected chi connectivity index (χ1v) is 8.21.